The molecule has 1 N–H and O–H groups in total. The monoisotopic (exact) mass is 298 g/mol. The smallest absolute Gasteiger partial charge is 0.399 e. The number of ether oxygens (including phenoxy) is 1. The van der Waals surface area contributed by atoms with Crippen LogP contribution in [-0.2, 0) is 6.54 Å². The van der Waals surface area contributed by atoms with Gasteiger partial charge in [-0.1, -0.05) is 29.3 Å². The molecule has 0 atom stereocenters. The fraction of sp³-hybridized carbons (Fsp3) is 0.308. The van der Waals surface area contributed by atoms with E-state index >= 15 is 0 Å². The minimum absolute atomic E-state index is 0.164. The molecule has 0 unspecified atom stereocenters. The van der Waals surface area contributed by atoms with Crippen molar-refractivity contribution in [1.29, 1.82) is 0 Å². The highest BCUT2D eigenvalue weighted by molar-refractivity contribution is 6.42. The topological polar surface area (TPSA) is 47.3 Å². The van der Waals surface area contributed by atoms with E-state index in [4.69, 9.17) is 32.4 Å². The first-order valence-corrected chi connectivity index (χ1v) is 6.77. The Labute approximate surface area is 120 Å². The van der Waals surface area contributed by atoms with Crippen molar-refractivity contribution in [2.24, 2.45) is 0 Å². The minimum Gasteiger partial charge on any atom is -0.417 e. The molecule has 2 aromatic rings. The molecule has 0 saturated heterocycles. The van der Waals surface area contributed by atoms with Crippen molar-refractivity contribution in [3.05, 3.63) is 40.2 Å². The summed E-state index contributed by atoms with van der Waals surface area (Å²) < 4.78 is 10.7. The van der Waals surface area contributed by atoms with Gasteiger partial charge in [0.05, 0.1) is 10.7 Å². The molecule has 1 heterocycles. The van der Waals surface area contributed by atoms with Crippen molar-refractivity contribution in [1.82, 2.24) is 10.3 Å². The first kappa shape index (κ1) is 12.8. The Morgan fingerprint density at radius 2 is 2.21 bits per heavy atom. The molecule has 1 saturated carbocycles. The first-order chi connectivity index (χ1) is 9.22. The molecule has 3 rings (SSSR count). The molecule has 1 aliphatic carbocycles. The molecule has 1 aromatic heterocycles. The molecule has 0 spiro atoms. The lowest BCUT2D eigenvalue weighted by molar-refractivity contribution is 0.331. The summed E-state index contributed by atoms with van der Waals surface area (Å²) in [4.78, 5) is 4.22. The minimum atomic E-state index is 0.164. The highest BCUT2D eigenvalue weighted by Gasteiger charge is 2.20. The van der Waals surface area contributed by atoms with Gasteiger partial charge in [-0.2, -0.15) is 4.98 Å². The maximum absolute atomic E-state index is 6.02. The van der Waals surface area contributed by atoms with Gasteiger partial charge in [0.25, 0.3) is 0 Å². The molecule has 0 bridgehead atoms. The molecule has 19 heavy (non-hydrogen) atoms. The van der Waals surface area contributed by atoms with Gasteiger partial charge in [0, 0.05) is 12.6 Å². The maximum atomic E-state index is 6.02. The number of nitrogens with zero attached hydrogens (tertiary/aromatic N) is 1. The Balaban J connectivity index is 1.67. The van der Waals surface area contributed by atoms with E-state index in [-0.39, 0.29) is 6.08 Å². The van der Waals surface area contributed by atoms with Crippen molar-refractivity contribution in [3.8, 4) is 11.8 Å². The number of hydrogen-bond donors (Lipinski definition) is 1. The lowest BCUT2D eigenvalue weighted by Crippen LogP contribution is -2.15. The van der Waals surface area contributed by atoms with Gasteiger partial charge in [-0.05, 0) is 25.0 Å². The fourth-order valence-corrected chi connectivity index (χ4v) is 1.94. The molecule has 4 nitrogen and oxygen atoms in total. The lowest BCUT2D eigenvalue weighted by Gasteiger charge is -2.03. The summed E-state index contributed by atoms with van der Waals surface area (Å²) in [5, 5.41) is 4.12. The second-order valence-corrected chi connectivity index (χ2v) is 5.20. The highest BCUT2D eigenvalue weighted by Crippen LogP contribution is 2.34. The molecule has 0 radical (unpaired) electrons. The third-order valence-electron chi connectivity index (χ3n) is 2.79. The number of halogens is 2. The zero-order valence-corrected chi connectivity index (χ0v) is 11.5. The Bertz CT molecular complexity index is 582. The largest absolute Gasteiger partial charge is 0.417 e. The SMILES string of the molecule is Clc1cccc(Oc2nc(CNC3CC3)co2)c1Cl. The van der Waals surface area contributed by atoms with E-state index in [1.807, 2.05) is 0 Å². The van der Waals surface area contributed by atoms with Crippen LogP contribution in [0.15, 0.2) is 28.9 Å². The van der Waals surface area contributed by atoms with E-state index < -0.39 is 0 Å². The van der Waals surface area contributed by atoms with E-state index in [1.54, 1.807) is 24.5 Å². The van der Waals surface area contributed by atoms with E-state index in [0.29, 0.717) is 28.4 Å². The molecule has 0 aliphatic heterocycles. The highest BCUT2D eigenvalue weighted by atomic mass is 35.5. The molecule has 0 amide bonds. The summed E-state index contributed by atoms with van der Waals surface area (Å²) in [6.45, 7) is 0.681. The number of benzene rings is 1. The van der Waals surface area contributed by atoms with Crippen LogP contribution in [0.5, 0.6) is 11.8 Å². The predicted octanol–water partition coefficient (Wildman–Crippen LogP) is 4.03. The van der Waals surface area contributed by atoms with Gasteiger partial charge in [0.1, 0.15) is 11.3 Å². The van der Waals surface area contributed by atoms with Gasteiger partial charge < -0.3 is 14.5 Å². The molecule has 1 aromatic carbocycles. The number of nitrogens with one attached hydrogen (secondary N) is 1. The van der Waals surface area contributed by atoms with Crippen LogP contribution in [0, 0.1) is 0 Å². The van der Waals surface area contributed by atoms with Crippen molar-refractivity contribution in [2.75, 3.05) is 0 Å². The third kappa shape index (κ3) is 3.21. The van der Waals surface area contributed by atoms with E-state index in [0.717, 1.165) is 5.69 Å². The Hall–Kier alpha value is -1.23. The van der Waals surface area contributed by atoms with Crippen molar-refractivity contribution in [3.63, 3.8) is 0 Å². The zero-order chi connectivity index (χ0) is 13.2. The van der Waals surface area contributed by atoms with Crippen LogP contribution >= 0.6 is 23.2 Å². The average Bonchev–Trinajstić information content (AvgIpc) is 3.13. The van der Waals surface area contributed by atoms with E-state index in [9.17, 15) is 0 Å². The standard InChI is InChI=1S/C13H12Cl2N2O2/c14-10-2-1-3-11(12(10)15)19-13-17-9(7-18-13)6-16-8-4-5-8/h1-3,7-8,16H,4-6H2. The third-order valence-corrected chi connectivity index (χ3v) is 3.59. The zero-order valence-electron chi connectivity index (χ0n) is 10.0. The molecular weight excluding hydrogens is 287 g/mol. The molecule has 1 fully saturated rings. The lowest BCUT2D eigenvalue weighted by atomic mass is 10.3. The normalized spacial score (nSPS) is 14.6. The summed E-state index contributed by atoms with van der Waals surface area (Å²) >= 11 is 11.9. The van der Waals surface area contributed by atoms with E-state index in [2.05, 4.69) is 10.3 Å². The van der Waals surface area contributed by atoms with Gasteiger partial charge in [-0.15, -0.1) is 0 Å². The second kappa shape index (κ2) is 5.41. The van der Waals surface area contributed by atoms with Crippen LogP contribution in [0.1, 0.15) is 18.5 Å². The summed E-state index contributed by atoms with van der Waals surface area (Å²) in [6, 6.07) is 5.78. The Morgan fingerprint density at radius 1 is 1.37 bits per heavy atom. The molecule has 6 heteroatoms. The second-order valence-electron chi connectivity index (χ2n) is 4.41. The van der Waals surface area contributed by atoms with Gasteiger partial charge in [0.15, 0.2) is 5.75 Å². The van der Waals surface area contributed by atoms with Crippen LogP contribution in [0.4, 0.5) is 0 Å². The summed E-state index contributed by atoms with van der Waals surface area (Å²) in [7, 11) is 0. The molecular formula is C13H12Cl2N2O2. The number of aromatic nitrogens is 1. The maximum Gasteiger partial charge on any atom is 0.399 e. The van der Waals surface area contributed by atoms with Crippen LogP contribution in [-0.4, -0.2) is 11.0 Å². The number of oxazole rings is 1. The summed E-state index contributed by atoms with van der Waals surface area (Å²) in [5.41, 5.74) is 0.806. The number of rotatable bonds is 5. The van der Waals surface area contributed by atoms with Crippen LogP contribution in [0.25, 0.3) is 0 Å². The Kier molecular flexibility index (Phi) is 3.64. The average molecular weight is 299 g/mol. The Morgan fingerprint density at radius 3 is 3.00 bits per heavy atom. The van der Waals surface area contributed by atoms with Crippen LogP contribution < -0.4 is 10.1 Å². The number of hydrogen-bond acceptors (Lipinski definition) is 4. The molecule has 1 aliphatic rings. The summed E-state index contributed by atoms with van der Waals surface area (Å²) in [5.74, 6) is 0.428. The van der Waals surface area contributed by atoms with Crippen molar-refractivity contribution < 1.29 is 9.15 Å². The van der Waals surface area contributed by atoms with Gasteiger partial charge in [0.2, 0.25) is 0 Å². The van der Waals surface area contributed by atoms with Gasteiger partial charge >= 0.3 is 6.08 Å². The summed E-state index contributed by atoms with van der Waals surface area (Å²) in [6.07, 6.45) is 4.21. The molecule has 100 valence electrons. The van der Waals surface area contributed by atoms with Gasteiger partial charge in [-0.25, -0.2) is 0 Å². The van der Waals surface area contributed by atoms with Gasteiger partial charge in [-0.3, -0.25) is 0 Å². The quantitative estimate of drug-likeness (QED) is 0.905. The predicted molar refractivity (Wildman–Crippen MR) is 72.9 cm³/mol. The van der Waals surface area contributed by atoms with Crippen molar-refractivity contribution >= 4 is 23.2 Å². The van der Waals surface area contributed by atoms with E-state index in [1.165, 1.54) is 12.8 Å². The van der Waals surface area contributed by atoms with Crippen LogP contribution in [0.3, 0.4) is 0 Å². The fourth-order valence-electron chi connectivity index (χ4n) is 1.61. The van der Waals surface area contributed by atoms with Crippen molar-refractivity contribution in [2.45, 2.75) is 25.4 Å². The van der Waals surface area contributed by atoms with Crippen LogP contribution in [0.2, 0.25) is 10.0 Å². The first-order valence-electron chi connectivity index (χ1n) is 6.02.